The van der Waals surface area contributed by atoms with Crippen LogP contribution >= 0.6 is 19.0 Å². The fourth-order valence-corrected chi connectivity index (χ4v) is 6.41. The van der Waals surface area contributed by atoms with E-state index in [1.165, 1.54) is 25.6 Å². The number of hydrogen-bond donors (Lipinski definition) is 2. The number of H-pyrrole nitrogens is 1. The van der Waals surface area contributed by atoms with Gasteiger partial charge in [-0.15, -0.1) is 0 Å². The van der Waals surface area contributed by atoms with Crippen LogP contribution in [0.2, 0.25) is 5.02 Å². The minimum Gasteiger partial charge on any atom is -0.619 e. The lowest BCUT2D eigenvalue weighted by Crippen LogP contribution is -2.31. The molecule has 0 radical (unpaired) electrons. The lowest BCUT2D eigenvalue weighted by Gasteiger charge is -2.20. The first-order valence-corrected chi connectivity index (χ1v) is 13.1. The summed E-state index contributed by atoms with van der Waals surface area (Å²) in [5.41, 5.74) is 2.37. The Bertz CT molecular complexity index is 1560. The molecule has 2 N–H and O–H groups in total. The van der Waals surface area contributed by atoms with Crippen molar-refractivity contribution in [2.75, 3.05) is 7.11 Å². The molecular formula is C26H24ClN4O4P. The van der Waals surface area contributed by atoms with Crippen molar-refractivity contribution in [2.45, 2.75) is 26.3 Å². The summed E-state index contributed by atoms with van der Waals surface area (Å²) in [6.07, 6.45) is 2.71. The first-order valence-electron chi connectivity index (χ1n) is 11.1. The third-order valence-electron chi connectivity index (χ3n) is 5.86. The van der Waals surface area contributed by atoms with E-state index in [9.17, 15) is 14.6 Å². The normalized spacial score (nSPS) is 12.9. The Hall–Kier alpha value is -3.63. The van der Waals surface area contributed by atoms with Gasteiger partial charge in [-0.25, -0.2) is 4.85 Å². The highest BCUT2D eigenvalue weighted by atomic mass is 35.5. The van der Waals surface area contributed by atoms with Crippen LogP contribution in [-0.4, -0.2) is 18.0 Å². The van der Waals surface area contributed by atoms with Gasteiger partial charge < -0.3 is 20.0 Å². The van der Waals surface area contributed by atoms with E-state index in [4.69, 9.17) is 22.7 Å². The molecule has 10 heteroatoms. The number of carbonyl (C=O) groups excluding carboxylic acids is 1. The number of rotatable bonds is 7. The molecule has 0 saturated carbocycles. The number of hydrogen-bond acceptors (Lipinski definition) is 4. The molecule has 0 aliphatic carbocycles. The lowest BCUT2D eigenvalue weighted by molar-refractivity contribution is -0.605. The SMILES string of the molecule is [C-]#[N+]c1cc(C(C)C)cc(P(=O)(OC)c2c(C(=O)NCc3ccc[n+]([O-])c3)[nH]c3ccc(Cl)cc23)c1. The molecule has 0 bridgehead atoms. The number of benzene rings is 2. The van der Waals surface area contributed by atoms with Crippen molar-refractivity contribution in [2.24, 2.45) is 0 Å². The molecule has 0 fully saturated rings. The molecule has 0 saturated heterocycles. The number of aromatic amines is 1. The van der Waals surface area contributed by atoms with E-state index >= 15 is 0 Å². The van der Waals surface area contributed by atoms with E-state index in [1.54, 1.807) is 42.5 Å². The van der Waals surface area contributed by atoms with Crippen molar-refractivity contribution in [3.8, 4) is 0 Å². The second-order valence-corrected chi connectivity index (χ2v) is 11.4. The van der Waals surface area contributed by atoms with Crippen molar-refractivity contribution >= 4 is 52.1 Å². The Morgan fingerprint density at radius 2 is 2.06 bits per heavy atom. The van der Waals surface area contributed by atoms with Crippen LogP contribution < -0.4 is 20.7 Å². The van der Waals surface area contributed by atoms with E-state index < -0.39 is 13.3 Å². The second-order valence-electron chi connectivity index (χ2n) is 8.58. The van der Waals surface area contributed by atoms with Crippen molar-refractivity contribution in [3.05, 3.63) is 99.4 Å². The minimum atomic E-state index is -3.87. The number of carbonyl (C=O) groups is 1. The largest absolute Gasteiger partial charge is 0.619 e. The Morgan fingerprint density at radius 1 is 1.28 bits per heavy atom. The average molecular weight is 523 g/mol. The van der Waals surface area contributed by atoms with Crippen molar-refractivity contribution in [1.82, 2.24) is 10.3 Å². The van der Waals surface area contributed by atoms with Crippen molar-refractivity contribution in [3.63, 3.8) is 0 Å². The van der Waals surface area contributed by atoms with Crippen LogP contribution in [0, 0.1) is 11.8 Å². The maximum Gasteiger partial charge on any atom is 0.268 e. The molecule has 0 aliphatic heterocycles. The summed E-state index contributed by atoms with van der Waals surface area (Å²) in [7, 11) is -2.55. The van der Waals surface area contributed by atoms with E-state index in [-0.39, 0.29) is 23.5 Å². The molecule has 2 heterocycles. The quantitative estimate of drug-likeness (QED) is 0.155. The van der Waals surface area contributed by atoms with Crippen LogP contribution in [0.3, 0.4) is 0 Å². The van der Waals surface area contributed by atoms with Crippen molar-refractivity contribution in [1.29, 1.82) is 0 Å². The topological polar surface area (TPSA) is 102 Å². The number of halogens is 1. The van der Waals surface area contributed by atoms with E-state index in [0.717, 1.165) is 5.56 Å². The van der Waals surface area contributed by atoms with E-state index in [0.29, 0.717) is 37.2 Å². The first kappa shape index (κ1) is 25.5. The lowest BCUT2D eigenvalue weighted by atomic mass is 10.0. The predicted octanol–water partition coefficient (Wildman–Crippen LogP) is 4.93. The third kappa shape index (κ3) is 4.87. The van der Waals surface area contributed by atoms with Gasteiger partial charge in [-0.05, 0) is 42.3 Å². The number of nitrogens with zero attached hydrogens (tertiary/aromatic N) is 2. The molecule has 1 atom stereocenters. The molecular weight excluding hydrogens is 499 g/mol. The fourth-order valence-electron chi connectivity index (χ4n) is 4.01. The van der Waals surface area contributed by atoms with E-state index in [1.807, 2.05) is 13.8 Å². The van der Waals surface area contributed by atoms with Gasteiger partial charge in [0.2, 0.25) is 0 Å². The Morgan fingerprint density at radius 3 is 2.72 bits per heavy atom. The number of fused-ring (bicyclic) bond motifs is 1. The molecule has 2 aromatic heterocycles. The monoisotopic (exact) mass is 522 g/mol. The maximum absolute atomic E-state index is 14.6. The molecule has 36 heavy (non-hydrogen) atoms. The van der Waals surface area contributed by atoms with Gasteiger partial charge >= 0.3 is 0 Å². The molecule has 2 aromatic carbocycles. The van der Waals surface area contributed by atoms with Gasteiger partial charge in [0.25, 0.3) is 13.3 Å². The van der Waals surface area contributed by atoms with Gasteiger partial charge in [0.1, 0.15) is 5.69 Å². The van der Waals surface area contributed by atoms with Gasteiger partial charge in [0.15, 0.2) is 18.1 Å². The average Bonchev–Trinajstić information content (AvgIpc) is 3.25. The van der Waals surface area contributed by atoms with Gasteiger partial charge in [0.05, 0.1) is 11.9 Å². The van der Waals surface area contributed by atoms with E-state index in [2.05, 4.69) is 15.1 Å². The first-order chi connectivity index (χ1) is 17.2. The number of aromatic nitrogens is 2. The van der Waals surface area contributed by atoms with Gasteiger partial charge in [-0.1, -0.05) is 37.1 Å². The summed E-state index contributed by atoms with van der Waals surface area (Å²) in [4.78, 5) is 20.0. The molecule has 4 aromatic rings. The number of pyridine rings is 1. The number of amides is 1. The zero-order chi connectivity index (χ0) is 26.0. The summed E-state index contributed by atoms with van der Waals surface area (Å²) < 4.78 is 21.0. The fraction of sp³-hybridized carbons (Fsp3) is 0.192. The van der Waals surface area contributed by atoms with Crippen LogP contribution in [0.25, 0.3) is 15.7 Å². The molecule has 1 amide bonds. The Balaban J connectivity index is 1.89. The summed E-state index contributed by atoms with van der Waals surface area (Å²) in [6, 6.07) is 13.3. The highest BCUT2D eigenvalue weighted by molar-refractivity contribution is 7.75. The third-order valence-corrected chi connectivity index (χ3v) is 8.60. The van der Waals surface area contributed by atoms with Crippen molar-refractivity contribution < 1.29 is 18.6 Å². The molecule has 8 nitrogen and oxygen atoms in total. The number of nitrogens with one attached hydrogen (secondary N) is 2. The van der Waals surface area contributed by atoms with Gasteiger partial charge in [-0.3, -0.25) is 9.36 Å². The van der Waals surface area contributed by atoms with Crippen LogP contribution in [0.4, 0.5) is 5.69 Å². The zero-order valence-corrected chi connectivity index (χ0v) is 21.6. The Kier molecular flexibility index (Phi) is 7.18. The van der Waals surface area contributed by atoms with Gasteiger partial charge in [0, 0.05) is 46.5 Å². The zero-order valence-electron chi connectivity index (χ0n) is 19.9. The summed E-state index contributed by atoms with van der Waals surface area (Å²) in [6.45, 7) is 11.6. The predicted molar refractivity (Wildman–Crippen MR) is 141 cm³/mol. The summed E-state index contributed by atoms with van der Waals surface area (Å²) in [5, 5.41) is 15.7. The second kappa shape index (κ2) is 10.2. The Labute approximate surface area is 213 Å². The summed E-state index contributed by atoms with van der Waals surface area (Å²) in [5.74, 6) is -0.452. The van der Waals surface area contributed by atoms with Crippen LogP contribution in [0.5, 0.6) is 0 Å². The smallest absolute Gasteiger partial charge is 0.268 e. The maximum atomic E-state index is 14.6. The van der Waals surface area contributed by atoms with Crippen LogP contribution in [0.15, 0.2) is 60.9 Å². The molecule has 0 spiro atoms. The van der Waals surface area contributed by atoms with Gasteiger partial charge in [-0.2, -0.15) is 4.73 Å². The molecule has 184 valence electrons. The standard InChI is InChI=1S/C26H24ClN4O4P/c1-16(2)18-10-20(28-3)13-21(11-18)36(34,35-4)25-22-12-19(27)7-8-23(22)30-24(25)26(32)29-14-17-6-5-9-31(33)15-17/h5-13,15-16,30H,14H2,1-2,4H3,(H,29,32). The van der Waals surface area contributed by atoms with Crippen LogP contribution in [0.1, 0.15) is 41.4 Å². The summed E-state index contributed by atoms with van der Waals surface area (Å²) >= 11 is 6.27. The minimum absolute atomic E-state index is 0.0580. The molecule has 0 aliphatic rings. The molecule has 4 rings (SSSR count). The van der Waals surface area contributed by atoms with Crippen LogP contribution in [-0.2, 0) is 15.6 Å². The highest BCUT2D eigenvalue weighted by Gasteiger charge is 2.36. The highest BCUT2D eigenvalue weighted by Crippen LogP contribution is 2.48. The molecule has 1 unspecified atom stereocenters.